The van der Waals surface area contributed by atoms with Gasteiger partial charge in [0.2, 0.25) is 0 Å². The van der Waals surface area contributed by atoms with E-state index in [2.05, 4.69) is 5.32 Å². The van der Waals surface area contributed by atoms with Crippen LogP contribution in [0.5, 0.6) is 0 Å². The Hall–Kier alpha value is -2.79. The molecule has 0 aliphatic rings. The first-order chi connectivity index (χ1) is 12.8. The third-order valence-corrected chi connectivity index (χ3v) is 4.65. The molecule has 140 valence electrons. The summed E-state index contributed by atoms with van der Waals surface area (Å²) in [6, 6.07) is 10.6. The van der Waals surface area contributed by atoms with Crippen LogP contribution in [0, 0.1) is 13.8 Å². The van der Waals surface area contributed by atoms with Gasteiger partial charge in [0, 0.05) is 21.7 Å². The van der Waals surface area contributed by atoms with Crippen molar-refractivity contribution in [2.75, 3.05) is 5.32 Å². The zero-order valence-electron chi connectivity index (χ0n) is 15.3. The Kier molecular flexibility index (Phi) is 5.51. The number of nitrogens with one attached hydrogen (secondary N) is 1. The fraction of sp³-hybridized carbons (Fsp3) is 0.238. The number of anilines is 1. The van der Waals surface area contributed by atoms with Gasteiger partial charge >= 0.3 is 5.97 Å². The summed E-state index contributed by atoms with van der Waals surface area (Å²) in [6.07, 6.45) is 0.674. The lowest BCUT2D eigenvalue weighted by Gasteiger charge is -2.13. The minimum Gasteiger partial charge on any atom is -0.464 e. The highest BCUT2D eigenvalue weighted by atomic mass is 35.5. The monoisotopic (exact) mass is 385 g/mol. The predicted molar refractivity (Wildman–Crippen MR) is 105 cm³/mol. The lowest BCUT2D eigenvalue weighted by molar-refractivity contribution is -0.152. The molecule has 2 aromatic carbocycles. The fourth-order valence-electron chi connectivity index (χ4n) is 2.70. The first kappa shape index (κ1) is 19.0. The molecule has 0 aliphatic heterocycles. The standard InChI is InChI=1S/C21H20ClNO4/c1-12-8-18-15(11-26-19(18)9-13(12)2)10-20(24)27-14(3)21(25)23-17-6-4-16(22)5-7-17/h4-9,11,14H,10H2,1-3H3,(H,23,25)/t14-/m1/s1. The summed E-state index contributed by atoms with van der Waals surface area (Å²) in [5, 5.41) is 4.14. The first-order valence-electron chi connectivity index (χ1n) is 8.56. The summed E-state index contributed by atoms with van der Waals surface area (Å²) in [5.74, 6) is -0.899. The second kappa shape index (κ2) is 7.84. The number of ether oxygens (including phenoxy) is 1. The smallest absolute Gasteiger partial charge is 0.311 e. The van der Waals surface area contributed by atoms with Crippen LogP contribution in [-0.4, -0.2) is 18.0 Å². The van der Waals surface area contributed by atoms with Crippen LogP contribution in [-0.2, 0) is 20.7 Å². The summed E-state index contributed by atoms with van der Waals surface area (Å²) < 4.78 is 10.8. The van der Waals surface area contributed by atoms with Gasteiger partial charge in [-0.05, 0) is 68.3 Å². The van der Waals surface area contributed by atoms with E-state index >= 15 is 0 Å². The van der Waals surface area contributed by atoms with E-state index in [9.17, 15) is 9.59 Å². The largest absolute Gasteiger partial charge is 0.464 e. The molecule has 1 heterocycles. The lowest BCUT2D eigenvalue weighted by atomic mass is 10.0. The minimum atomic E-state index is -0.921. The number of rotatable bonds is 5. The predicted octanol–water partition coefficient (Wildman–Crippen LogP) is 4.82. The van der Waals surface area contributed by atoms with E-state index in [1.165, 1.54) is 6.92 Å². The third-order valence-electron chi connectivity index (χ3n) is 4.39. The summed E-state index contributed by atoms with van der Waals surface area (Å²) >= 11 is 5.82. The van der Waals surface area contributed by atoms with Crippen molar-refractivity contribution in [3.63, 3.8) is 0 Å². The molecule has 0 fully saturated rings. The average Bonchev–Trinajstić information content (AvgIpc) is 2.98. The van der Waals surface area contributed by atoms with Gasteiger partial charge in [-0.3, -0.25) is 9.59 Å². The highest BCUT2D eigenvalue weighted by Crippen LogP contribution is 2.25. The molecular weight excluding hydrogens is 366 g/mol. The molecule has 3 rings (SSSR count). The minimum absolute atomic E-state index is 0.0358. The third kappa shape index (κ3) is 4.49. The summed E-state index contributed by atoms with van der Waals surface area (Å²) in [5.41, 5.74) is 4.30. The van der Waals surface area contributed by atoms with E-state index in [0.717, 1.165) is 27.7 Å². The number of carbonyl (C=O) groups excluding carboxylic acids is 2. The summed E-state index contributed by atoms with van der Waals surface area (Å²) in [7, 11) is 0. The van der Waals surface area contributed by atoms with Crippen molar-refractivity contribution in [1.82, 2.24) is 0 Å². The van der Waals surface area contributed by atoms with E-state index in [-0.39, 0.29) is 6.42 Å². The zero-order chi connectivity index (χ0) is 19.6. The molecule has 0 spiro atoms. The number of furan rings is 1. The fourth-order valence-corrected chi connectivity index (χ4v) is 2.82. The molecule has 0 saturated heterocycles. The second-order valence-electron chi connectivity index (χ2n) is 6.50. The Bertz CT molecular complexity index is 991. The van der Waals surface area contributed by atoms with Crippen molar-refractivity contribution in [2.45, 2.75) is 33.3 Å². The number of hydrogen-bond donors (Lipinski definition) is 1. The maximum Gasteiger partial charge on any atom is 0.311 e. The Labute approximate surface area is 162 Å². The normalized spacial score (nSPS) is 12.0. The zero-order valence-corrected chi connectivity index (χ0v) is 16.1. The molecule has 0 aliphatic carbocycles. The van der Waals surface area contributed by atoms with Gasteiger partial charge < -0.3 is 14.5 Å². The van der Waals surface area contributed by atoms with E-state index in [1.54, 1.807) is 30.5 Å². The van der Waals surface area contributed by atoms with Gasteiger partial charge in [0.25, 0.3) is 5.91 Å². The lowest BCUT2D eigenvalue weighted by Crippen LogP contribution is -2.30. The quantitative estimate of drug-likeness (QED) is 0.639. The number of benzene rings is 2. The number of amides is 1. The Morgan fingerprint density at radius 3 is 2.52 bits per heavy atom. The number of halogens is 1. The van der Waals surface area contributed by atoms with Crippen LogP contribution < -0.4 is 5.32 Å². The molecule has 0 unspecified atom stereocenters. The van der Waals surface area contributed by atoms with Crippen LogP contribution in [0.15, 0.2) is 47.1 Å². The first-order valence-corrected chi connectivity index (χ1v) is 8.94. The van der Waals surface area contributed by atoms with E-state index in [1.807, 2.05) is 26.0 Å². The number of esters is 1. The molecule has 1 N–H and O–H groups in total. The number of carbonyl (C=O) groups is 2. The Morgan fingerprint density at radius 1 is 1.15 bits per heavy atom. The van der Waals surface area contributed by atoms with Crippen LogP contribution in [0.3, 0.4) is 0 Å². The average molecular weight is 386 g/mol. The number of aryl methyl sites for hydroxylation is 2. The maximum atomic E-state index is 12.3. The van der Waals surface area contributed by atoms with Crippen molar-refractivity contribution in [3.05, 3.63) is 64.4 Å². The second-order valence-corrected chi connectivity index (χ2v) is 6.94. The molecule has 27 heavy (non-hydrogen) atoms. The van der Waals surface area contributed by atoms with Gasteiger partial charge in [0.05, 0.1) is 12.7 Å². The molecule has 1 amide bonds. The molecule has 6 heteroatoms. The van der Waals surface area contributed by atoms with Gasteiger partial charge in [0.15, 0.2) is 6.10 Å². The maximum absolute atomic E-state index is 12.3. The van der Waals surface area contributed by atoms with Crippen molar-refractivity contribution in [2.24, 2.45) is 0 Å². The van der Waals surface area contributed by atoms with Crippen LogP contribution in [0.1, 0.15) is 23.6 Å². The Balaban J connectivity index is 1.62. The molecule has 5 nitrogen and oxygen atoms in total. The van der Waals surface area contributed by atoms with Gasteiger partial charge in [-0.25, -0.2) is 0 Å². The van der Waals surface area contributed by atoms with E-state index in [0.29, 0.717) is 10.7 Å². The number of fused-ring (bicyclic) bond motifs is 1. The molecule has 1 atom stereocenters. The topological polar surface area (TPSA) is 68.5 Å². The summed E-state index contributed by atoms with van der Waals surface area (Å²) in [6.45, 7) is 5.55. The van der Waals surface area contributed by atoms with Gasteiger partial charge in [-0.2, -0.15) is 0 Å². The van der Waals surface area contributed by atoms with Crippen molar-refractivity contribution in [1.29, 1.82) is 0 Å². The van der Waals surface area contributed by atoms with Crippen molar-refractivity contribution >= 4 is 40.1 Å². The van der Waals surface area contributed by atoms with Gasteiger partial charge in [-0.1, -0.05) is 11.6 Å². The van der Waals surface area contributed by atoms with Crippen molar-refractivity contribution < 1.29 is 18.7 Å². The molecule has 3 aromatic rings. The van der Waals surface area contributed by atoms with Gasteiger partial charge in [-0.15, -0.1) is 0 Å². The van der Waals surface area contributed by atoms with Crippen LogP contribution in [0.25, 0.3) is 11.0 Å². The van der Waals surface area contributed by atoms with E-state index in [4.69, 9.17) is 20.8 Å². The van der Waals surface area contributed by atoms with E-state index < -0.39 is 18.0 Å². The van der Waals surface area contributed by atoms with Crippen molar-refractivity contribution in [3.8, 4) is 0 Å². The molecule has 0 saturated carbocycles. The van der Waals surface area contributed by atoms with Gasteiger partial charge in [0.1, 0.15) is 5.58 Å². The van der Waals surface area contributed by atoms with Crippen LogP contribution in [0.4, 0.5) is 5.69 Å². The summed E-state index contributed by atoms with van der Waals surface area (Å²) in [4.78, 5) is 24.4. The SMILES string of the molecule is Cc1cc2occ(CC(=O)O[C@H](C)C(=O)Nc3ccc(Cl)cc3)c2cc1C. The highest BCUT2D eigenvalue weighted by molar-refractivity contribution is 6.30. The highest BCUT2D eigenvalue weighted by Gasteiger charge is 2.20. The number of hydrogen-bond acceptors (Lipinski definition) is 4. The van der Waals surface area contributed by atoms with Crippen LogP contribution in [0.2, 0.25) is 5.02 Å². The molecule has 0 bridgehead atoms. The molecule has 0 radical (unpaired) electrons. The van der Waals surface area contributed by atoms with Crippen LogP contribution >= 0.6 is 11.6 Å². The Morgan fingerprint density at radius 2 is 1.81 bits per heavy atom. The molecule has 1 aromatic heterocycles. The molecular formula is C21H20ClNO4.